The minimum Gasteiger partial charge on any atom is -0.481 e. The van der Waals surface area contributed by atoms with E-state index in [1.807, 2.05) is 11.8 Å². The van der Waals surface area contributed by atoms with Crippen LogP contribution in [0.1, 0.15) is 43.7 Å². The minimum atomic E-state index is -0.610. The average Bonchev–Trinajstić information content (AvgIpc) is 2.44. The third kappa shape index (κ3) is 4.02. The normalized spacial score (nSPS) is 26.4. The van der Waals surface area contributed by atoms with E-state index in [9.17, 15) is 9.90 Å². The molecule has 1 fully saturated rings. The summed E-state index contributed by atoms with van der Waals surface area (Å²) in [5.74, 6) is 0.863. The van der Waals surface area contributed by atoms with Crippen LogP contribution < -0.4 is 0 Å². The number of carboxylic acid groups (broad SMARTS) is 1. The van der Waals surface area contributed by atoms with Gasteiger partial charge in [0.25, 0.3) is 0 Å². The lowest BCUT2D eigenvalue weighted by Crippen LogP contribution is -2.32. The molecule has 0 bridgehead atoms. The highest BCUT2D eigenvalue weighted by atomic mass is 32.2. The Bertz CT molecular complexity index is 458. The topological polar surface area (TPSA) is 37.3 Å². The van der Waals surface area contributed by atoms with Crippen molar-refractivity contribution in [1.82, 2.24) is 0 Å². The smallest absolute Gasteiger partial charge is 0.307 e. The lowest BCUT2D eigenvalue weighted by molar-refractivity contribution is -0.142. The van der Waals surface area contributed by atoms with Crippen LogP contribution in [0.4, 0.5) is 0 Å². The van der Waals surface area contributed by atoms with Gasteiger partial charge in [0.2, 0.25) is 0 Å². The summed E-state index contributed by atoms with van der Waals surface area (Å²) in [5, 5.41) is 9.67. The van der Waals surface area contributed by atoms with Crippen molar-refractivity contribution in [1.29, 1.82) is 0 Å². The summed E-state index contributed by atoms with van der Waals surface area (Å²) in [6.07, 6.45) is 4.16. The Morgan fingerprint density at radius 1 is 1.40 bits per heavy atom. The Morgan fingerprint density at radius 2 is 2.20 bits per heavy atom. The molecule has 0 heterocycles. The summed E-state index contributed by atoms with van der Waals surface area (Å²) >= 11 is 1.83. The molecular formula is C17H24O2S. The Balaban J connectivity index is 1.98. The first-order valence-corrected chi connectivity index (χ1v) is 8.55. The zero-order valence-corrected chi connectivity index (χ0v) is 13.2. The van der Waals surface area contributed by atoms with Crippen LogP contribution in [-0.2, 0) is 10.5 Å². The SMILES string of the molecule is CCC1CCC(C(=O)O)C(SCc2cccc(C)c2)C1. The maximum Gasteiger partial charge on any atom is 0.307 e. The molecule has 110 valence electrons. The van der Waals surface area contributed by atoms with Gasteiger partial charge in [-0.25, -0.2) is 0 Å². The van der Waals surface area contributed by atoms with Crippen molar-refractivity contribution >= 4 is 17.7 Å². The minimum absolute atomic E-state index is 0.160. The van der Waals surface area contributed by atoms with E-state index >= 15 is 0 Å². The predicted octanol–water partition coefficient (Wildman–Crippen LogP) is 4.51. The number of aryl methyl sites for hydroxylation is 1. The molecule has 0 saturated heterocycles. The van der Waals surface area contributed by atoms with Crippen molar-refractivity contribution in [3.8, 4) is 0 Å². The van der Waals surface area contributed by atoms with E-state index in [1.165, 1.54) is 17.5 Å². The van der Waals surface area contributed by atoms with Gasteiger partial charge < -0.3 is 5.11 Å². The Hall–Kier alpha value is -0.960. The molecule has 2 rings (SSSR count). The molecule has 0 spiro atoms. The highest BCUT2D eigenvalue weighted by Gasteiger charge is 2.34. The number of hydrogen-bond donors (Lipinski definition) is 1. The van der Waals surface area contributed by atoms with Crippen LogP contribution in [0.2, 0.25) is 0 Å². The lowest BCUT2D eigenvalue weighted by atomic mass is 9.80. The van der Waals surface area contributed by atoms with Crippen molar-refractivity contribution in [3.63, 3.8) is 0 Å². The van der Waals surface area contributed by atoms with E-state index in [2.05, 4.69) is 38.1 Å². The summed E-state index contributed by atoms with van der Waals surface area (Å²) in [4.78, 5) is 11.4. The van der Waals surface area contributed by atoms with E-state index in [4.69, 9.17) is 0 Å². The molecule has 1 aliphatic carbocycles. The quantitative estimate of drug-likeness (QED) is 0.867. The van der Waals surface area contributed by atoms with Crippen LogP contribution in [0.5, 0.6) is 0 Å². The van der Waals surface area contributed by atoms with E-state index < -0.39 is 5.97 Å². The lowest BCUT2D eigenvalue weighted by Gasteiger charge is -2.33. The third-order valence-corrected chi connectivity index (χ3v) is 5.79. The Morgan fingerprint density at radius 3 is 2.85 bits per heavy atom. The molecule has 0 amide bonds. The fourth-order valence-corrected chi connectivity index (χ4v) is 4.53. The molecule has 0 aromatic heterocycles. The first kappa shape index (κ1) is 15.4. The van der Waals surface area contributed by atoms with Crippen LogP contribution in [0.25, 0.3) is 0 Å². The highest BCUT2D eigenvalue weighted by molar-refractivity contribution is 7.99. The highest BCUT2D eigenvalue weighted by Crippen LogP contribution is 2.39. The van der Waals surface area contributed by atoms with Crippen molar-refractivity contribution in [2.24, 2.45) is 11.8 Å². The maximum atomic E-state index is 11.4. The summed E-state index contributed by atoms with van der Waals surface area (Å²) in [6, 6.07) is 8.51. The molecule has 20 heavy (non-hydrogen) atoms. The standard InChI is InChI=1S/C17H24O2S/c1-3-13-7-8-15(17(18)19)16(10-13)20-11-14-6-4-5-12(2)9-14/h4-6,9,13,15-16H,3,7-8,10-11H2,1-2H3,(H,18,19). The van der Waals surface area contributed by atoms with Gasteiger partial charge >= 0.3 is 5.97 Å². The average molecular weight is 292 g/mol. The molecule has 1 aromatic carbocycles. The summed E-state index contributed by atoms with van der Waals surface area (Å²) < 4.78 is 0. The van der Waals surface area contributed by atoms with Gasteiger partial charge in [0, 0.05) is 11.0 Å². The molecule has 3 unspecified atom stereocenters. The first-order chi connectivity index (χ1) is 9.60. The summed E-state index contributed by atoms with van der Waals surface area (Å²) in [6.45, 7) is 4.32. The number of benzene rings is 1. The largest absolute Gasteiger partial charge is 0.481 e. The number of hydrogen-bond acceptors (Lipinski definition) is 2. The molecule has 1 aromatic rings. The number of thioether (sulfide) groups is 1. The second-order valence-corrected chi connectivity index (χ2v) is 7.10. The molecule has 3 atom stereocenters. The summed E-state index contributed by atoms with van der Waals surface area (Å²) in [5.41, 5.74) is 2.57. The van der Waals surface area contributed by atoms with Gasteiger partial charge in [-0.2, -0.15) is 11.8 Å². The molecule has 1 saturated carbocycles. The van der Waals surface area contributed by atoms with Crippen molar-refractivity contribution in [2.75, 3.05) is 0 Å². The molecule has 0 aliphatic heterocycles. The van der Waals surface area contributed by atoms with Gasteiger partial charge in [0.15, 0.2) is 0 Å². The predicted molar refractivity (Wildman–Crippen MR) is 85.0 cm³/mol. The third-order valence-electron chi connectivity index (χ3n) is 4.34. The fraction of sp³-hybridized carbons (Fsp3) is 0.588. The molecular weight excluding hydrogens is 268 g/mol. The second kappa shape index (κ2) is 7.16. The van der Waals surface area contributed by atoms with E-state index in [0.717, 1.165) is 25.0 Å². The summed E-state index contributed by atoms with van der Waals surface area (Å²) in [7, 11) is 0. The van der Waals surface area contributed by atoms with Gasteiger partial charge in [-0.15, -0.1) is 0 Å². The number of carboxylic acids is 1. The Labute approximate surface area is 126 Å². The van der Waals surface area contributed by atoms with E-state index in [0.29, 0.717) is 5.92 Å². The van der Waals surface area contributed by atoms with Gasteiger partial charge in [-0.1, -0.05) is 43.2 Å². The number of rotatable bonds is 5. The van der Waals surface area contributed by atoms with Crippen LogP contribution >= 0.6 is 11.8 Å². The van der Waals surface area contributed by atoms with Crippen molar-refractivity contribution < 1.29 is 9.90 Å². The molecule has 1 N–H and O–H groups in total. The van der Waals surface area contributed by atoms with Crippen LogP contribution in [0, 0.1) is 18.8 Å². The fourth-order valence-electron chi connectivity index (χ4n) is 3.05. The van der Waals surface area contributed by atoms with Gasteiger partial charge in [-0.05, 0) is 37.7 Å². The molecule has 3 heteroatoms. The zero-order chi connectivity index (χ0) is 14.5. The van der Waals surface area contributed by atoms with E-state index in [1.54, 1.807) is 0 Å². The van der Waals surface area contributed by atoms with Crippen LogP contribution in [0.15, 0.2) is 24.3 Å². The van der Waals surface area contributed by atoms with E-state index in [-0.39, 0.29) is 11.2 Å². The van der Waals surface area contributed by atoms with Crippen molar-refractivity contribution in [3.05, 3.63) is 35.4 Å². The van der Waals surface area contributed by atoms with Crippen LogP contribution in [-0.4, -0.2) is 16.3 Å². The van der Waals surface area contributed by atoms with Crippen LogP contribution in [0.3, 0.4) is 0 Å². The van der Waals surface area contributed by atoms with Gasteiger partial charge in [0.1, 0.15) is 0 Å². The zero-order valence-electron chi connectivity index (χ0n) is 12.3. The molecule has 0 radical (unpaired) electrons. The van der Waals surface area contributed by atoms with Gasteiger partial charge in [-0.3, -0.25) is 4.79 Å². The van der Waals surface area contributed by atoms with Gasteiger partial charge in [0.05, 0.1) is 5.92 Å². The molecule has 1 aliphatic rings. The maximum absolute atomic E-state index is 11.4. The molecule has 2 nitrogen and oxygen atoms in total. The first-order valence-electron chi connectivity index (χ1n) is 7.50. The number of aliphatic carboxylic acids is 1. The van der Waals surface area contributed by atoms with Crippen molar-refractivity contribution in [2.45, 2.75) is 50.5 Å². The Kier molecular flexibility index (Phi) is 5.53. The number of carbonyl (C=O) groups is 1. The monoisotopic (exact) mass is 292 g/mol. The second-order valence-electron chi connectivity index (χ2n) is 5.87.